The molecular formula is C23H22FNO5. The lowest BCUT2D eigenvalue weighted by molar-refractivity contribution is 0.0450. The van der Waals surface area contributed by atoms with Crippen molar-refractivity contribution in [2.24, 2.45) is 0 Å². The zero-order chi connectivity index (χ0) is 21.2. The molecule has 7 heteroatoms. The van der Waals surface area contributed by atoms with Gasteiger partial charge in [-0.1, -0.05) is 0 Å². The van der Waals surface area contributed by atoms with Crippen LogP contribution in [0.3, 0.4) is 0 Å². The predicted molar refractivity (Wildman–Crippen MR) is 108 cm³/mol. The third-order valence-corrected chi connectivity index (χ3v) is 4.02. The van der Waals surface area contributed by atoms with Gasteiger partial charge < -0.3 is 18.9 Å². The summed E-state index contributed by atoms with van der Waals surface area (Å²) in [6.07, 6.45) is 3.39. The van der Waals surface area contributed by atoms with Gasteiger partial charge in [-0.25, -0.2) is 9.18 Å². The Kier molecular flexibility index (Phi) is 7.60. The van der Waals surface area contributed by atoms with E-state index < -0.39 is 5.97 Å². The maximum absolute atomic E-state index is 12.9. The van der Waals surface area contributed by atoms with E-state index in [0.717, 1.165) is 5.56 Å². The highest BCUT2D eigenvalue weighted by Gasteiger charge is 2.13. The van der Waals surface area contributed by atoms with Crippen molar-refractivity contribution in [2.75, 3.05) is 19.8 Å². The fourth-order valence-electron chi connectivity index (χ4n) is 2.57. The third-order valence-electron chi connectivity index (χ3n) is 4.02. The molecule has 2 aromatic carbocycles. The molecule has 0 N–H and O–H groups in total. The summed E-state index contributed by atoms with van der Waals surface area (Å²) >= 11 is 0. The average Bonchev–Trinajstić information content (AvgIpc) is 2.78. The molecule has 0 unspecified atom stereocenters. The summed E-state index contributed by atoms with van der Waals surface area (Å²) in [5.41, 5.74) is 1.31. The van der Waals surface area contributed by atoms with E-state index >= 15 is 0 Å². The van der Waals surface area contributed by atoms with Crippen LogP contribution < -0.4 is 14.2 Å². The van der Waals surface area contributed by atoms with Gasteiger partial charge in [-0.2, -0.15) is 0 Å². The molecule has 3 rings (SSSR count). The number of rotatable bonds is 10. The van der Waals surface area contributed by atoms with Crippen molar-refractivity contribution in [2.45, 2.75) is 13.5 Å². The van der Waals surface area contributed by atoms with Gasteiger partial charge in [0.2, 0.25) is 0 Å². The van der Waals surface area contributed by atoms with Crippen molar-refractivity contribution in [3.05, 3.63) is 83.9 Å². The number of esters is 1. The summed E-state index contributed by atoms with van der Waals surface area (Å²) in [6.45, 7) is 2.84. The van der Waals surface area contributed by atoms with E-state index in [4.69, 9.17) is 18.9 Å². The second-order valence-electron chi connectivity index (χ2n) is 6.18. The first kappa shape index (κ1) is 21.1. The fraction of sp³-hybridized carbons (Fsp3) is 0.217. The largest absolute Gasteiger partial charge is 0.490 e. The molecule has 6 nitrogen and oxygen atoms in total. The molecule has 0 aliphatic heterocycles. The lowest BCUT2D eigenvalue weighted by Crippen LogP contribution is -2.12. The normalized spacial score (nSPS) is 10.3. The Hall–Kier alpha value is -3.61. The number of hydrogen-bond donors (Lipinski definition) is 0. The van der Waals surface area contributed by atoms with Gasteiger partial charge in [0.25, 0.3) is 0 Å². The molecule has 0 atom stereocenters. The molecule has 1 aromatic heterocycles. The lowest BCUT2D eigenvalue weighted by atomic mass is 10.2. The molecule has 0 aliphatic carbocycles. The van der Waals surface area contributed by atoms with E-state index in [1.807, 2.05) is 19.1 Å². The number of halogens is 1. The fourth-order valence-corrected chi connectivity index (χ4v) is 2.57. The Morgan fingerprint density at radius 1 is 0.900 bits per heavy atom. The maximum Gasteiger partial charge on any atom is 0.338 e. The minimum Gasteiger partial charge on any atom is -0.490 e. The quantitative estimate of drug-likeness (QED) is 0.363. The Balaban J connectivity index is 1.54. The number of hydrogen-bond acceptors (Lipinski definition) is 6. The first-order valence-corrected chi connectivity index (χ1v) is 9.49. The van der Waals surface area contributed by atoms with Crippen LogP contribution in [-0.4, -0.2) is 30.8 Å². The van der Waals surface area contributed by atoms with Crippen LogP contribution in [0.4, 0.5) is 4.39 Å². The molecule has 156 valence electrons. The first-order chi connectivity index (χ1) is 14.7. The van der Waals surface area contributed by atoms with Crippen molar-refractivity contribution >= 4 is 5.97 Å². The molecule has 0 radical (unpaired) electrons. The van der Waals surface area contributed by atoms with E-state index in [1.54, 1.807) is 30.6 Å². The second kappa shape index (κ2) is 10.8. The standard InChI is InChI=1S/C23H22FNO5/c1-2-27-22-15-18(3-8-21(22)30-16-17-9-11-25-12-10-17)23(26)29-14-13-28-20-6-4-19(24)5-7-20/h3-12,15H,2,13-14,16H2,1H3. The van der Waals surface area contributed by atoms with Crippen LogP contribution in [0.5, 0.6) is 17.2 Å². The van der Waals surface area contributed by atoms with Crippen LogP contribution in [0, 0.1) is 5.82 Å². The summed E-state index contributed by atoms with van der Waals surface area (Å²) in [6, 6.07) is 14.2. The number of carbonyl (C=O) groups is 1. The zero-order valence-electron chi connectivity index (χ0n) is 16.5. The molecule has 0 bridgehead atoms. The van der Waals surface area contributed by atoms with E-state index in [2.05, 4.69) is 4.98 Å². The van der Waals surface area contributed by atoms with E-state index in [-0.39, 0.29) is 19.0 Å². The smallest absolute Gasteiger partial charge is 0.338 e. The van der Waals surface area contributed by atoms with Gasteiger partial charge in [-0.05, 0) is 67.1 Å². The molecular weight excluding hydrogens is 389 g/mol. The van der Waals surface area contributed by atoms with Crippen LogP contribution in [-0.2, 0) is 11.3 Å². The van der Waals surface area contributed by atoms with Gasteiger partial charge in [0.05, 0.1) is 12.2 Å². The molecule has 0 saturated carbocycles. The van der Waals surface area contributed by atoms with Crippen molar-refractivity contribution in [3.8, 4) is 17.2 Å². The molecule has 3 aromatic rings. The minimum absolute atomic E-state index is 0.0560. The summed E-state index contributed by atoms with van der Waals surface area (Å²) in [7, 11) is 0. The van der Waals surface area contributed by atoms with Crippen LogP contribution in [0.15, 0.2) is 67.0 Å². The Morgan fingerprint density at radius 3 is 2.40 bits per heavy atom. The number of nitrogens with zero attached hydrogens (tertiary/aromatic N) is 1. The van der Waals surface area contributed by atoms with Crippen LogP contribution >= 0.6 is 0 Å². The SMILES string of the molecule is CCOc1cc(C(=O)OCCOc2ccc(F)cc2)ccc1OCc1ccncc1. The number of benzene rings is 2. The highest BCUT2D eigenvalue weighted by atomic mass is 19.1. The molecule has 0 aliphatic rings. The molecule has 0 fully saturated rings. The van der Waals surface area contributed by atoms with E-state index in [1.165, 1.54) is 24.3 Å². The highest BCUT2D eigenvalue weighted by Crippen LogP contribution is 2.29. The van der Waals surface area contributed by atoms with E-state index in [0.29, 0.717) is 36.0 Å². The lowest BCUT2D eigenvalue weighted by Gasteiger charge is -2.13. The van der Waals surface area contributed by atoms with Gasteiger partial charge in [-0.15, -0.1) is 0 Å². The first-order valence-electron chi connectivity index (χ1n) is 9.49. The molecule has 1 heterocycles. The Labute approximate surface area is 174 Å². The minimum atomic E-state index is -0.501. The second-order valence-corrected chi connectivity index (χ2v) is 6.18. The Bertz CT molecular complexity index is 948. The molecule has 0 amide bonds. The monoisotopic (exact) mass is 411 g/mol. The molecule has 0 saturated heterocycles. The zero-order valence-corrected chi connectivity index (χ0v) is 16.5. The maximum atomic E-state index is 12.9. The summed E-state index contributed by atoms with van der Waals surface area (Å²) in [4.78, 5) is 16.3. The topological polar surface area (TPSA) is 66.9 Å². The average molecular weight is 411 g/mol. The van der Waals surface area contributed by atoms with Gasteiger partial charge >= 0.3 is 5.97 Å². The number of ether oxygens (including phenoxy) is 4. The summed E-state index contributed by atoms with van der Waals surface area (Å²) in [5, 5.41) is 0. The third kappa shape index (κ3) is 6.20. The predicted octanol–water partition coefficient (Wildman–Crippen LogP) is 4.43. The van der Waals surface area contributed by atoms with Crippen molar-refractivity contribution in [3.63, 3.8) is 0 Å². The van der Waals surface area contributed by atoms with Crippen molar-refractivity contribution in [1.29, 1.82) is 0 Å². The van der Waals surface area contributed by atoms with E-state index in [9.17, 15) is 9.18 Å². The number of aromatic nitrogens is 1. The van der Waals surface area contributed by atoms with Crippen LogP contribution in [0.2, 0.25) is 0 Å². The number of carbonyl (C=O) groups excluding carboxylic acids is 1. The van der Waals surface area contributed by atoms with Gasteiger partial charge in [-0.3, -0.25) is 4.98 Å². The van der Waals surface area contributed by atoms with Gasteiger partial charge in [0.1, 0.15) is 31.4 Å². The summed E-state index contributed by atoms with van der Waals surface area (Å²) < 4.78 is 34.9. The number of pyridine rings is 1. The summed E-state index contributed by atoms with van der Waals surface area (Å²) in [5.74, 6) is 0.654. The van der Waals surface area contributed by atoms with Gasteiger partial charge in [0.15, 0.2) is 11.5 Å². The van der Waals surface area contributed by atoms with Crippen molar-refractivity contribution in [1.82, 2.24) is 4.98 Å². The van der Waals surface area contributed by atoms with Crippen LogP contribution in [0.1, 0.15) is 22.8 Å². The highest BCUT2D eigenvalue weighted by molar-refractivity contribution is 5.90. The molecule has 0 spiro atoms. The molecule has 30 heavy (non-hydrogen) atoms. The van der Waals surface area contributed by atoms with Gasteiger partial charge in [0, 0.05) is 12.4 Å². The Morgan fingerprint density at radius 2 is 1.67 bits per heavy atom. The van der Waals surface area contributed by atoms with Crippen LogP contribution in [0.25, 0.3) is 0 Å². The van der Waals surface area contributed by atoms with Crippen molar-refractivity contribution < 1.29 is 28.1 Å².